The molecule has 1 amide bonds. The third-order valence-electron chi connectivity index (χ3n) is 3.83. The van der Waals surface area contributed by atoms with E-state index in [0.29, 0.717) is 24.5 Å². The van der Waals surface area contributed by atoms with Crippen molar-refractivity contribution in [1.82, 2.24) is 10.2 Å². The molecule has 0 saturated carbocycles. The van der Waals surface area contributed by atoms with E-state index in [9.17, 15) is 13.2 Å². The molecular weight excluding hydrogens is 324 g/mol. The minimum absolute atomic E-state index is 0.0569. The summed E-state index contributed by atoms with van der Waals surface area (Å²) in [7, 11) is -2.98. The highest BCUT2D eigenvalue weighted by atomic mass is 35.5. The number of hydrogen-bond donors (Lipinski definition) is 1. The molecule has 1 saturated heterocycles. The molecule has 0 spiro atoms. The lowest BCUT2D eigenvalue weighted by Crippen LogP contribution is -2.45. The first-order valence-corrected chi connectivity index (χ1v) is 9.56. The Morgan fingerprint density at radius 2 is 2.05 bits per heavy atom. The van der Waals surface area contributed by atoms with E-state index in [0.717, 1.165) is 5.56 Å². The number of amides is 1. The minimum atomic E-state index is -2.98. The summed E-state index contributed by atoms with van der Waals surface area (Å²) in [5.74, 6) is 0.210. The van der Waals surface area contributed by atoms with Gasteiger partial charge in [-0.15, -0.1) is 0 Å². The smallest absolute Gasteiger partial charge is 0.236 e. The summed E-state index contributed by atoms with van der Waals surface area (Å²) in [6.07, 6.45) is 0.541. The monoisotopic (exact) mass is 344 g/mol. The van der Waals surface area contributed by atoms with Crippen molar-refractivity contribution in [2.45, 2.75) is 25.9 Å². The van der Waals surface area contributed by atoms with Crippen LogP contribution in [0.4, 0.5) is 0 Å². The highest BCUT2D eigenvalue weighted by Crippen LogP contribution is 2.17. The van der Waals surface area contributed by atoms with Crippen LogP contribution < -0.4 is 5.32 Å². The Kier molecular flexibility index (Phi) is 5.83. The normalized spacial score (nSPS) is 20.0. The largest absolute Gasteiger partial charge is 0.338 e. The minimum Gasteiger partial charge on any atom is -0.338 e. The van der Waals surface area contributed by atoms with Gasteiger partial charge in [0.2, 0.25) is 5.91 Å². The van der Waals surface area contributed by atoms with Crippen LogP contribution in [-0.4, -0.2) is 49.9 Å². The number of benzene rings is 1. The highest BCUT2D eigenvalue weighted by Gasteiger charge is 2.33. The van der Waals surface area contributed by atoms with Crippen LogP contribution in [0.25, 0.3) is 0 Å². The number of rotatable bonds is 6. The topological polar surface area (TPSA) is 66.5 Å². The molecular formula is C15H21ClN2O3S. The van der Waals surface area contributed by atoms with Gasteiger partial charge in [-0.2, -0.15) is 0 Å². The second kappa shape index (κ2) is 7.44. The summed E-state index contributed by atoms with van der Waals surface area (Å²) in [5, 5.41) is 3.78. The van der Waals surface area contributed by atoms with Gasteiger partial charge in [0.25, 0.3) is 0 Å². The molecule has 1 aromatic carbocycles. The maximum absolute atomic E-state index is 12.3. The van der Waals surface area contributed by atoms with E-state index in [1.54, 1.807) is 4.90 Å². The van der Waals surface area contributed by atoms with Gasteiger partial charge in [0, 0.05) is 24.2 Å². The first-order valence-electron chi connectivity index (χ1n) is 7.36. The van der Waals surface area contributed by atoms with Gasteiger partial charge in [-0.3, -0.25) is 4.79 Å². The van der Waals surface area contributed by atoms with E-state index in [4.69, 9.17) is 11.6 Å². The second-order valence-electron chi connectivity index (χ2n) is 5.47. The van der Waals surface area contributed by atoms with Gasteiger partial charge in [0.05, 0.1) is 18.1 Å². The van der Waals surface area contributed by atoms with Gasteiger partial charge in [0.15, 0.2) is 9.84 Å². The van der Waals surface area contributed by atoms with Crippen LogP contribution >= 0.6 is 11.6 Å². The van der Waals surface area contributed by atoms with E-state index in [2.05, 4.69) is 5.32 Å². The Bertz CT molecular complexity index is 616. The fourth-order valence-corrected chi connectivity index (χ4v) is 4.53. The molecule has 22 heavy (non-hydrogen) atoms. The molecule has 0 bridgehead atoms. The van der Waals surface area contributed by atoms with Gasteiger partial charge in [-0.25, -0.2) is 8.42 Å². The van der Waals surface area contributed by atoms with Crippen LogP contribution in [-0.2, 0) is 21.2 Å². The summed E-state index contributed by atoms with van der Waals surface area (Å²) in [5.41, 5.74) is 1.05. The summed E-state index contributed by atoms with van der Waals surface area (Å²) < 4.78 is 23.1. The zero-order valence-electron chi connectivity index (χ0n) is 12.6. The van der Waals surface area contributed by atoms with Crippen LogP contribution in [0.2, 0.25) is 5.02 Å². The molecule has 1 heterocycles. The Balaban J connectivity index is 1.83. The molecule has 2 rings (SSSR count). The van der Waals surface area contributed by atoms with Crippen molar-refractivity contribution in [3.05, 3.63) is 34.9 Å². The lowest BCUT2D eigenvalue weighted by atomic mass is 10.2. The number of nitrogens with one attached hydrogen (secondary N) is 1. The van der Waals surface area contributed by atoms with Crippen molar-refractivity contribution >= 4 is 27.3 Å². The molecule has 5 nitrogen and oxygen atoms in total. The first-order chi connectivity index (χ1) is 10.4. The average Bonchev–Trinajstić information content (AvgIpc) is 2.82. The third-order valence-corrected chi connectivity index (χ3v) is 5.83. The fourth-order valence-electron chi connectivity index (χ4n) is 2.68. The van der Waals surface area contributed by atoms with Gasteiger partial charge in [-0.05, 0) is 31.0 Å². The van der Waals surface area contributed by atoms with E-state index in [-0.39, 0.29) is 30.0 Å². The summed E-state index contributed by atoms with van der Waals surface area (Å²) in [6.45, 7) is 3.18. The Morgan fingerprint density at radius 1 is 1.36 bits per heavy atom. The number of hydrogen-bond acceptors (Lipinski definition) is 4. The molecule has 0 aliphatic carbocycles. The van der Waals surface area contributed by atoms with Crippen molar-refractivity contribution < 1.29 is 13.2 Å². The Morgan fingerprint density at radius 3 is 2.59 bits per heavy atom. The predicted molar refractivity (Wildman–Crippen MR) is 87.6 cm³/mol. The number of nitrogens with zero attached hydrogens (tertiary/aromatic N) is 1. The summed E-state index contributed by atoms with van der Waals surface area (Å²) >= 11 is 5.82. The summed E-state index contributed by atoms with van der Waals surface area (Å²) in [6, 6.07) is 7.24. The molecule has 1 aliphatic rings. The molecule has 1 atom stereocenters. The third kappa shape index (κ3) is 4.69. The first kappa shape index (κ1) is 17.2. The van der Waals surface area contributed by atoms with Gasteiger partial charge >= 0.3 is 0 Å². The number of likely N-dealkylation sites (N-methyl/N-ethyl adjacent to an activating group) is 1. The average molecular weight is 345 g/mol. The zero-order valence-corrected chi connectivity index (χ0v) is 14.2. The lowest BCUT2D eigenvalue weighted by molar-refractivity contribution is -0.131. The molecule has 1 unspecified atom stereocenters. The highest BCUT2D eigenvalue weighted by molar-refractivity contribution is 7.91. The van der Waals surface area contributed by atoms with Gasteiger partial charge in [0.1, 0.15) is 0 Å². The van der Waals surface area contributed by atoms with Crippen molar-refractivity contribution in [2.24, 2.45) is 0 Å². The quantitative estimate of drug-likeness (QED) is 0.848. The van der Waals surface area contributed by atoms with Crippen LogP contribution in [0.3, 0.4) is 0 Å². The summed E-state index contributed by atoms with van der Waals surface area (Å²) in [4.78, 5) is 13.9. The molecule has 0 radical (unpaired) electrons. The predicted octanol–water partition coefficient (Wildman–Crippen LogP) is 1.47. The Labute approximate surface area is 136 Å². The standard InChI is InChI=1S/C15H21ClN2O3S/c1-2-18(14-7-8-22(20,21)11-14)15(19)10-17-9-12-3-5-13(16)6-4-12/h3-6,14,17H,2,7-11H2,1H3. The molecule has 122 valence electrons. The van der Waals surface area contributed by atoms with Crippen molar-refractivity contribution in [3.8, 4) is 0 Å². The van der Waals surface area contributed by atoms with Gasteiger partial charge < -0.3 is 10.2 Å². The lowest BCUT2D eigenvalue weighted by Gasteiger charge is -2.27. The van der Waals surface area contributed by atoms with E-state index in [1.165, 1.54) is 0 Å². The van der Waals surface area contributed by atoms with Gasteiger partial charge in [-0.1, -0.05) is 23.7 Å². The number of carbonyl (C=O) groups excluding carboxylic acids is 1. The fraction of sp³-hybridized carbons (Fsp3) is 0.533. The van der Waals surface area contributed by atoms with Crippen LogP contribution in [0.1, 0.15) is 18.9 Å². The SMILES string of the molecule is CCN(C(=O)CNCc1ccc(Cl)cc1)C1CCS(=O)(=O)C1. The zero-order chi connectivity index (χ0) is 16.2. The van der Waals surface area contributed by atoms with Crippen molar-refractivity contribution in [1.29, 1.82) is 0 Å². The molecule has 1 fully saturated rings. The van der Waals surface area contributed by atoms with Crippen molar-refractivity contribution in [2.75, 3.05) is 24.6 Å². The van der Waals surface area contributed by atoms with E-state index < -0.39 is 9.84 Å². The number of halogens is 1. The van der Waals surface area contributed by atoms with Crippen molar-refractivity contribution in [3.63, 3.8) is 0 Å². The number of carbonyl (C=O) groups is 1. The molecule has 1 N–H and O–H groups in total. The molecule has 1 aromatic rings. The van der Waals surface area contributed by atoms with Crippen LogP contribution in [0.5, 0.6) is 0 Å². The van der Waals surface area contributed by atoms with Crippen LogP contribution in [0, 0.1) is 0 Å². The Hall–Kier alpha value is -1.11. The van der Waals surface area contributed by atoms with E-state index >= 15 is 0 Å². The molecule has 7 heteroatoms. The molecule has 1 aliphatic heterocycles. The maximum Gasteiger partial charge on any atom is 0.236 e. The number of sulfone groups is 1. The van der Waals surface area contributed by atoms with E-state index in [1.807, 2.05) is 31.2 Å². The maximum atomic E-state index is 12.3. The molecule has 0 aromatic heterocycles. The second-order valence-corrected chi connectivity index (χ2v) is 8.13. The van der Waals surface area contributed by atoms with Crippen LogP contribution in [0.15, 0.2) is 24.3 Å².